The third kappa shape index (κ3) is 4.65. The van der Waals surface area contributed by atoms with Gasteiger partial charge in [0.05, 0.1) is 22.4 Å². The Morgan fingerprint density at radius 1 is 1.00 bits per heavy atom. The Hall–Kier alpha value is -2.70. The van der Waals surface area contributed by atoms with Crippen LogP contribution in [0.2, 0.25) is 10.0 Å². The summed E-state index contributed by atoms with van der Waals surface area (Å²) in [5.41, 5.74) is 1.79. The highest BCUT2D eigenvalue weighted by Gasteiger charge is 2.09. The highest BCUT2D eigenvalue weighted by Crippen LogP contribution is 2.25. The minimum Gasteiger partial charge on any atom is -0.365 e. The predicted molar refractivity (Wildman–Crippen MR) is 98.0 cm³/mol. The lowest BCUT2D eigenvalue weighted by molar-refractivity contribution is 0.102. The van der Waals surface area contributed by atoms with Crippen LogP contribution in [0.15, 0.2) is 55.1 Å². The summed E-state index contributed by atoms with van der Waals surface area (Å²) in [5.74, 6) is 0.189. The summed E-state index contributed by atoms with van der Waals surface area (Å²) >= 11 is 11.8. The zero-order valence-corrected chi connectivity index (χ0v) is 14.4. The standard InChI is InChI=1S/C17H13Cl2N5O/c18-13-2-1-12(7-14(13)19)24-17(25)15-9-23-16(10-21-15)22-8-11-3-5-20-6-4-11/h1-7,9-10H,8H2,(H,22,23)(H,24,25). The first-order valence-electron chi connectivity index (χ1n) is 7.33. The number of benzene rings is 1. The molecule has 2 aromatic heterocycles. The summed E-state index contributed by atoms with van der Waals surface area (Å²) in [6, 6.07) is 8.64. The number of rotatable bonds is 5. The van der Waals surface area contributed by atoms with Gasteiger partial charge in [0.1, 0.15) is 11.5 Å². The van der Waals surface area contributed by atoms with Crippen LogP contribution in [0.25, 0.3) is 0 Å². The average molecular weight is 374 g/mol. The number of hydrogen-bond donors (Lipinski definition) is 2. The van der Waals surface area contributed by atoms with Gasteiger partial charge in [0.15, 0.2) is 0 Å². The van der Waals surface area contributed by atoms with Crippen LogP contribution in [0.5, 0.6) is 0 Å². The minimum absolute atomic E-state index is 0.195. The van der Waals surface area contributed by atoms with Crippen molar-refractivity contribution in [2.75, 3.05) is 10.6 Å². The van der Waals surface area contributed by atoms with E-state index in [1.54, 1.807) is 30.6 Å². The Bertz CT molecular complexity index is 872. The molecule has 0 radical (unpaired) electrons. The Balaban J connectivity index is 1.61. The van der Waals surface area contributed by atoms with Crippen LogP contribution in [0, 0.1) is 0 Å². The molecule has 0 bridgehead atoms. The van der Waals surface area contributed by atoms with Crippen LogP contribution in [0.1, 0.15) is 16.1 Å². The number of anilines is 2. The number of nitrogens with zero attached hydrogens (tertiary/aromatic N) is 3. The average Bonchev–Trinajstić information content (AvgIpc) is 2.64. The summed E-state index contributed by atoms with van der Waals surface area (Å²) in [6.07, 6.45) is 6.35. The second kappa shape index (κ2) is 7.92. The van der Waals surface area contributed by atoms with Gasteiger partial charge in [-0.2, -0.15) is 0 Å². The van der Waals surface area contributed by atoms with Gasteiger partial charge in [0, 0.05) is 24.6 Å². The molecule has 3 aromatic rings. The molecule has 0 aliphatic rings. The number of halogens is 2. The van der Waals surface area contributed by atoms with E-state index in [1.807, 2.05) is 12.1 Å². The van der Waals surface area contributed by atoms with Crippen LogP contribution < -0.4 is 10.6 Å². The number of amides is 1. The molecule has 8 heteroatoms. The number of hydrogen-bond acceptors (Lipinski definition) is 5. The summed E-state index contributed by atoms with van der Waals surface area (Å²) in [7, 11) is 0. The van der Waals surface area contributed by atoms with Gasteiger partial charge in [-0.1, -0.05) is 23.2 Å². The summed E-state index contributed by atoms with van der Waals surface area (Å²) in [5, 5.41) is 6.60. The van der Waals surface area contributed by atoms with Crippen molar-refractivity contribution in [2.45, 2.75) is 6.54 Å². The third-order valence-electron chi connectivity index (χ3n) is 3.28. The lowest BCUT2D eigenvalue weighted by atomic mass is 10.3. The molecule has 0 atom stereocenters. The predicted octanol–water partition coefficient (Wildman–Crippen LogP) is 4.04. The molecular weight excluding hydrogens is 361 g/mol. The van der Waals surface area contributed by atoms with E-state index in [-0.39, 0.29) is 11.6 Å². The van der Waals surface area contributed by atoms with Crippen LogP contribution >= 0.6 is 23.2 Å². The number of carbonyl (C=O) groups is 1. The smallest absolute Gasteiger partial charge is 0.275 e. The van der Waals surface area contributed by atoms with Gasteiger partial charge < -0.3 is 10.6 Å². The van der Waals surface area contributed by atoms with Gasteiger partial charge in [-0.05, 0) is 35.9 Å². The Kier molecular flexibility index (Phi) is 5.42. The number of aromatic nitrogens is 3. The molecule has 0 spiro atoms. The summed E-state index contributed by atoms with van der Waals surface area (Å²) in [6.45, 7) is 0.589. The maximum absolute atomic E-state index is 12.2. The monoisotopic (exact) mass is 373 g/mol. The van der Waals surface area contributed by atoms with E-state index in [2.05, 4.69) is 25.6 Å². The molecule has 0 fully saturated rings. The molecule has 1 aromatic carbocycles. The largest absolute Gasteiger partial charge is 0.365 e. The molecule has 0 saturated carbocycles. The number of carbonyl (C=O) groups excluding carboxylic acids is 1. The van der Waals surface area contributed by atoms with Gasteiger partial charge in [-0.15, -0.1) is 0 Å². The van der Waals surface area contributed by atoms with E-state index in [0.29, 0.717) is 28.1 Å². The van der Waals surface area contributed by atoms with E-state index in [4.69, 9.17) is 23.2 Å². The highest BCUT2D eigenvalue weighted by molar-refractivity contribution is 6.42. The van der Waals surface area contributed by atoms with Gasteiger partial charge in [0.2, 0.25) is 0 Å². The molecule has 3 rings (SSSR count). The van der Waals surface area contributed by atoms with Crippen molar-refractivity contribution in [3.05, 3.63) is 76.4 Å². The first-order chi connectivity index (χ1) is 12.1. The fraction of sp³-hybridized carbons (Fsp3) is 0.0588. The van der Waals surface area contributed by atoms with Crippen molar-refractivity contribution in [3.63, 3.8) is 0 Å². The topological polar surface area (TPSA) is 79.8 Å². The summed E-state index contributed by atoms with van der Waals surface area (Å²) in [4.78, 5) is 24.5. The van der Waals surface area contributed by atoms with Gasteiger partial charge >= 0.3 is 0 Å². The highest BCUT2D eigenvalue weighted by atomic mass is 35.5. The molecule has 0 saturated heterocycles. The quantitative estimate of drug-likeness (QED) is 0.705. The molecule has 0 unspecified atom stereocenters. The molecular formula is C17H13Cl2N5O. The second-order valence-electron chi connectivity index (χ2n) is 5.08. The van der Waals surface area contributed by atoms with E-state index >= 15 is 0 Å². The lowest BCUT2D eigenvalue weighted by Crippen LogP contribution is -2.14. The van der Waals surface area contributed by atoms with Crippen molar-refractivity contribution in [3.8, 4) is 0 Å². The molecule has 1 amide bonds. The molecule has 25 heavy (non-hydrogen) atoms. The first-order valence-corrected chi connectivity index (χ1v) is 8.08. The molecule has 2 heterocycles. The maximum Gasteiger partial charge on any atom is 0.275 e. The lowest BCUT2D eigenvalue weighted by Gasteiger charge is -2.07. The number of nitrogens with one attached hydrogen (secondary N) is 2. The molecule has 0 aliphatic heterocycles. The van der Waals surface area contributed by atoms with E-state index < -0.39 is 0 Å². The maximum atomic E-state index is 12.2. The molecule has 2 N–H and O–H groups in total. The zero-order chi connectivity index (χ0) is 17.6. The number of pyridine rings is 1. The van der Waals surface area contributed by atoms with Gasteiger partial charge in [-0.25, -0.2) is 9.97 Å². The Morgan fingerprint density at radius 2 is 1.80 bits per heavy atom. The minimum atomic E-state index is -0.383. The van der Waals surface area contributed by atoms with E-state index in [9.17, 15) is 4.79 Å². The molecule has 6 nitrogen and oxygen atoms in total. The van der Waals surface area contributed by atoms with Gasteiger partial charge in [0.25, 0.3) is 5.91 Å². The van der Waals surface area contributed by atoms with Crippen molar-refractivity contribution in [1.29, 1.82) is 0 Å². The SMILES string of the molecule is O=C(Nc1ccc(Cl)c(Cl)c1)c1cnc(NCc2ccncc2)cn1. The first kappa shape index (κ1) is 17.1. The van der Waals surface area contributed by atoms with Crippen molar-refractivity contribution in [2.24, 2.45) is 0 Å². The summed E-state index contributed by atoms with van der Waals surface area (Å²) < 4.78 is 0. The fourth-order valence-electron chi connectivity index (χ4n) is 2.00. The van der Waals surface area contributed by atoms with Crippen LogP contribution in [0.4, 0.5) is 11.5 Å². The second-order valence-corrected chi connectivity index (χ2v) is 5.89. The van der Waals surface area contributed by atoms with Gasteiger partial charge in [-0.3, -0.25) is 9.78 Å². The van der Waals surface area contributed by atoms with Crippen molar-refractivity contribution in [1.82, 2.24) is 15.0 Å². The van der Waals surface area contributed by atoms with Crippen molar-refractivity contribution >= 4 is 40.6 Å². The zero-order valence-electron chi connectivity index (χ0n) is 12.9. The van der Waals surface area contributed by atoms with Crippen LogP contribution in [-0.2, 0) is 6.54 Å². The normalized spacial score (nSPS) is 10.3. The Morgan fingerprint density at radius 3 is 2.48 bits per heavy atom. The molecule has 126 valence electrons. The van der Waals surface area contributed by atoms with Crippen LogP contribution in [-0.4, -0.2) is 20.9 Å². The van der Waals surface area contributed by atoms with E-state index in [0.717, 1.165) is 5.56 Å². The molecule has 0 aliphatic carbocycles. The van der Waals surface area contributed by atoms with Crippen LogP contribution in [0.3, 0.4) is 0 Å². The fourth-order valence-corrected chi connectivity index (χ4v) is 2.30. The van der Waals surface area contributed by atoms with E-state index in [1.165, 1.54) is 12.4 Å². The Labute approximate surface area is 154 Å². The van der Waals surface area contributed by atoms with Crippen molar-refractivity contribution < 1.29 is 4.79 Å². The third-order valence-corrected chi connectivity index (χ3v) is 4.02.